The van der Waals surface area contributed by atoms with Gasteiger partial charge in [-0.05, 0) is 35.9 Å². The lowest BCUT2D eigenvalue weighted by atomic mass is 10.0. The van der Waals surface area contributed by atoms with E-state index in [1.54, 1.807) is 23.2 Å². The van der Waals surface area contributed by atoms with Crippen LogP contribution in [0.15, 0.2) is 36.5 Å². The van der Waals surface area contributed by atoms with E-state index < -0.39 is 0 Å². The van der Waals surface area contributed by atoms with Gasteiger partial charge in [-0.15, -0.1) is 0 Å². The molecule has 1 amide bonds. The first kappa shape index (κ1) is 18.3. The maximum Gasteiger partial charge on any atom is 0.255 e. The molecule has 0 aliphatic carbocycles. The number of halogens is 2. The van der Waals surface area contributed by atoms with Gasteiger partial charge in [-0.1, -0.05) is 23.2 Å². The van der Waals surface area contributed by atoms with Gasteiger partial charge in [-0.3, -0.25) is 9.78 Å². The van der Waals surface area contributed by atoms with Gasteiger partial charge in [0.05, 0.1) is 34.8 Å². The van der Waals surface area contributed by atoms with E-state index >= 15 is 0 Å². The maximum absolute atomic E-state index is 12.9. The molecule has 5 nitrogen and oxygen atoms in total. The van der Waals surface area contributed by atoms with E-state index in [9.17, 15) is 4.79 Å². The van der Waals surface area contributed by atoms with Gasteiger partial charge < -0.3 is 14.2 Å². The summed E-state index contributed by atoms with van der Waals surface area (Å²) in [6.45, 7) is 2.24. The van der Waals surface area contributed by atoms with Gasteiger partial charge in [-0.2, -0.15) is 0 Å². The van der Waals surface area contributed by atoms with Crippen molar-refractivity contribution in [2.45, 2.75) is 6.42 Å². The summed E-state index contributed by atoms with van der Waals surface area (Å²) in [5.74, 6) is -0.0834. The number of rotatable bonds is 3. The van der Waals surface area contributed by atoms with Gasteiger partial charge in [0.1, 0.15) is 0 Å². The van der Waals surface area contributed by atoms with Crippen LogP contribution >= 0.6 is 23.2 Å². The molecule has 3 aromatic rings. The topological polar surface area (TPSA) is 47.4 Å². The third-order valence-electron chi connectivity index (χ3n) is 4.98. The summed E-state index contributed by atoms with van der Waals surface area (Å²) in [4.78, 5) is 19.0. The summed E-state index contributed by atoms with van der Waals surface area (Å²) in [7, 11) is 1.99. The Morgan fingerprint density at radius 2 is 2.00 bits per heavy atom. The Kier molecular flexibility index (Phi) is 5.08. The molecule has 7 heteroatoms. The number of carbonyl (C=O) groups is 1. The summed E-state index contributed by atoms with van der Waals surface area (Å²) in [5.41, 5.74) is 4.23. The smallest absolute Gasteiger partial charge is 0.255 e. The summed E-state index contributed by atoms with van der Waals surface area (Å²) < 4.78 is 7.40. The Morgan fingerprint density at radius 3 is 2.74 bits per heavy atom. The molecule has 0 saturated carbocycles. The van der Waals surface area contributed by atoms with E-state index in [0.29, 0.717) is 48.3 Å². The molecule has 0 unspecified atom stereocenters. The standard InChI is InChI=1S/C20H19Cl2N3O2/c1-24-13(12-17-18(24)3-2-6-23-17)11-15-16(21)5-4-14(19(15)22)20(26)25-7-9-27-10-8-25/h2-6,12H,7-11H2,1H3. The molecule has 1 aliphatic rings. The Bertz CT molecular complexity index is 1010. The summed E-state index contributed by atoms with van der Waals surface area (Å²) in [6.07, 6.45) is 2.29. The quantitative estimate of drug-likeness (QED) is 0.665. The molecule has 0 radical (unpaired) electrons. The largest absolute Gasteiger partial charge is 0.378 e. The molecular formula is C20H19Cl2N3O2. The minimum atomic E-state index is -0.0834. The minimum absolute atomic E-state index is 0.0834. The number of nitrogens with zero attached hydrogens (tertiary/aromatic N) is 3. The number of aryl methyl sites for hydroxylation is 1. The number of hydrogen-bond donors (Lipinski definition) is 0. The van der Waals surface area contributed by atoms with Crippen molar-refractivity contribution in [2.75, 3.05) is 26.3 Å². The molecule has 1 saturated heterocycles. The molecule has 1 aliphatic heterocycles. The van der Waals surface area contributed by atoms with Gasteiger partial charge in [0.25, 0.3) is 5.91 Å². The predicted molar refractivity (Wildman–Crippen MR) is 107 cm³/mol. The zero-order chi connectivity index (χ0) is 19.0. The third kappa shape index (κ3) is 3.43. The fourth-order valence-corrected chi connectivity index (χ4v) is 4.01. The average Bonchev–Trinajstić information content (AvgIpc) is 3.01. The van der Waals surface area contributed by atoms with Crippen molar-refractivity contribution in [3.63, 3.8) is 0 Å². The van der Waals surface area contributed by atoms with E-state index in [-0.39, 0.29) is 5.91 Å². The van der Waals surface area contributed by atoms with Crippen LogP contribution in [0, 0.1) is 0 Å². The first-order valence-corrected chi connectivity index (χ1v) is 9.55. The number of pyridine rings is 1. The Morgan fingerprint density at radius 1 is 1.22 bits per heavy atom. The van der Waals surface area contributed by atoms with Crippen LogP contribution in [0.5, 0.6) is 0 Å². The monoisotopic (exact) mass is 403 g/mol. The molecule has 1 aromatic carbocycles. The van der Waals surface area contributed by atoms with Gasteiger partial charge in [-0.25, -0.2) is 0 Å². The first-order chi connectivity index (χ1) is 13.1. The van der Waals surface area contributed by atoms with E-state index in [2.05, 4.69) is 9.55 Å². The molecule has 3 heterocycles. The molecule has 0 spiro atoms. The van der Waals surface area contributed by atoms with Crippen LogP contribution in [0.1, 0.15) is 21.6 Å². The zero-order valence-corrected chi connectivity index (χ0v) is 16.4. The summed E-state index contributed by atoms with van der Waals surface area (Å²) in [6, 6.07) is 9.41. The van der Waals surface area contributed by atoms with Crippen molar-refractivity contribution in [2.24, 2.45) is 7.05 Å². The number of ether oxygens (including phenoxy) is 1. The molecule has 140 valence electrons. The lowest BCUT2D eigenvalue weighted by molar-refractivity contribution is 0.0303. The zero-order valence-electron chi connectivity index (χ0n) is 14.9. The van der Waals surface area contributed by atoms with Crippen LogP contribution in [-0.4, -0.2) is 46.7 Å². The first-order valence-electron chi connectivity index (χ1n) is 8.79. The highest BCUT2D eigenvalue weighted by atomic mass is 35.5. The molecule has 0 N–H and O–H groups in total. The number of aromatic nitrogens is 2. The van der Waals surface area contributed by atoms with Gasteiger partial charge in [0.15, 0.2) is 0 Å². The predicted octanol–water partition coefficient (Wildman–Crippen LogP) is 3.94. The number of benzene rings is 1. The van der Waals surface area contributed by atoms with Crippen molar-refractivity contribution < 1.29 is 9.53 Å². The van der Waals surface area contributed by atoms with Crippen LogP contribution in [0.2, 0.25) is 10.0 Å². The second-order valence-corrected chi connectivity index (χ2v) is 7.36. The maximum atomic E-state index is 12.9. The average molecular weight is 404 g/mol. The highest BCUT2D eigenvalue weighted by Crippen LogP contribution is 2.32. The molecule has 27 heavy (non-hydrogen) atoms. The van der Waals surface area contributed by atoms with Crippen molar-refractivity contribution >= 4 is 40.1 Å². The van der Waals surface area contributed by atoms with Crippen molar-refractivity contribution in [3.8, 4) is 0 Å². The summed E-state index contributed by atoms with van der Waals surface area (Å²) >= 11 is 13.1. The second kappa shape index (κ2) is 7.50. The molecular weight excluding hydrogens is 385 g/mol. The fourth-order valence-electron chi connectivity index (χ4n) is 3.43. The number of carbonyl (C=O) groups excluding carboxylic acids is 1. The molecule has 0 bridgehead atoms. The van der Waals surface area contributed by atoms with Crippen LogP contribution < -0.4 is 0 Å². The highest BCUT2D eigenvalue weighted by Gasteiger charge is 2.23. The number of fused-ring (bicyclic) bond motifs is 1. The number of amides is 1. The number of morpholine rings is 1. The Hall–Kier alpha value is -2.08. The lowest BCUT2D eigenvalue weighted by Crippen LogP contribution is -2.40. The van der Waals surface area contributed by atoms with Crippen LogP contribution in [0.4, 0.5) is 0 Å². The molecule has 2 aromatic heterocycles. The second-order valence-electron chi connectivity index (χ2n) is 6.57. The van der Waals surface area contributed by atoms with E-state index in [0.717, 1.165) is 22.3 Å². The van der Waals surface area contributed by atoms with Crippen LogP contribution in [0.3, 0.4) is 0 Å². The third-order valence-corrected chi connectivity index (χ3v) is 5.77. The Labute approximate surface area is 167 Å². The van der Waals surface area contributed by atoms with Crippen molar-refractivity contribution in [1.29, 1.82) is 0 Å². The van der Waals surface area contributed by atoms with E-state index in [4.69, 9.17) is 27.9 Å². The molecule has 1 fully saturated rings. The van der Waals surface area contributed by atoms with Gasteiger partial charge in [0, 0.05) is 43.5 Å². The SMILES string of the molecule is Cn1c(Cc2c(Cl)ccc(C(=O)N3CCOCC3)c2Cl)cc2ncccc21. The van der Waals surface area contributed by atoms with E-state index in [1.165, 1.54) is 0 Å². The molecule has 0 atom stereocenters. The lowest BCUT2D eigenvalue weighted by Gasteiger charge is -2.27. The highest BCUT2D eigenvalue weighted by molar-refractivity contribution is 6.38. The molecule has 4 rings (SSSR count). The number of hydrogen-bond acceptors (Lipinski definition) is 3. The van der Waals surface area contributed by atoms with Crippen LogP contribution in [0.25, 0.3) is 11.0 Å². The van der Waals surface area contributed by atoms with Crippen molar-refractivity contribution in [1.82, 2.24) is 14.5 Å². The minimum Gasteiger partial charge on any atom is -0.378 e. The normalized spacial score (nSPS) is 14.7. The van der Waals surface area contributed by atoms with Crippen LogP contribution in [-0.2, 0) is 18.2 Å². The van der Waals surface area contributed by atoms with E-state index in [1.807, 2.05) is 25.2 Å². The summed E-state index contributed by atoms with van der Waals surface area (Å²) in [5, 5.41) is 0.967. The van der Waals surface area contributed by atoms with Gasteiger partial charge >= 0.3 is 0 Å². The van der Waals surface area contributed by atoms with Crippen molar-refractivity contribution in [3.05, 3.63) is 63.4 Å². The van der Waals surface area contributed by atoms with Gasteiger partial charge in [0.2, 0.25) is 0 Å². The Balaban J connectivity index is 1.70. The fraction of sp³-hybridized carbons (Fsp3) is 0.300.